The van der Waals surface area contributed by atoms with Crippen LogP contribution in [0.1, 0.15) is 70.5 Å². The summed E-state index contributed by atoms with van der Waals surface area (Å²) in [6.07, 6.45) is 7.21. The van der Waals surface area contributed by atoms with Crippen LogP contribution >= 0.6 is 0 Å². The van der Waals surface area contributed by atoms with Gasteiger partial charge in [0.15, 0.2) is 5.82 Å². The van der Waals surface area contributed by atoms with Gasteiger partial charge in [0, 0.05) is 37.8 Å². The molecule has 2 aliphatic rings. The third kappa shape index (κ3) is 6.50. The number of ether oxygens (including phenoxy) is 2. The predicted octanol–water partition coefficient (Wildman–Crippen LogP) is 4.06. The smallest absolute Gasteiger partial charge is 0.320 e. The Morgan fingerprint density at radius 1 is 1.22 bits per heavy atom. The van der Waals surface area contributed by atoms with Crippen LogP contribution in [0.4, 0.5) is 10.6 Å². The summed E-state index contributed by atoms with van der Waals surface area (Å²) in [5, 5.41) is 9.81. The van der Waals surface area contributed by atoms with Crippen molar-refractivity contribution in [3.8, 4) is 0 Å². The molecule has 152 valence electrons. The minimum absolute atomic E-state index is 0.191. The third-order valence-electron chi connectivity index (χ3n) is 5.45. The Kier molecular flexibility index (Phi) is 7.52. The van der Waals surface area contributed by atoms with E-state index in [0.29, 0.717) is 23.8 Å². The molecule has 1 aromatic rings. The summed E-state index contributed by atoms with van der Waals surface area (Å²) >= 11 is 0. The summed E-state index contributed by atoms with van der Waals surface area (Å²) in [5.41, 5.74) is 0. The van der Waals surface area contributed by atoms with E-state index in [1.165, 1.54) is 0 Å². The number of carbonyl (C=O) groups is 1. The van der Waals surface area contributed by atoms with Crippen LogP contribution < -0.4 is 10.6 Å². The van der Waals surface area contributed by atoms with Crippen LogP contribution in [0, 0.1) is 5.92 Å². The molecule has 2 amide bonds. The lowest BCUT2D eigenvalue weighted by Crippen LogP contribution is -2.41. The second kappa shape index (κ2) is 10.1. The first-order valence-electron chi connectivity index (χ1n) is 10.3. The van der Waals surface area contributed by atoms with Gasteiger partial charge in [-0.2, -0.15) is 0 Å². The highest BCUT2D eigenvalue weighted by atomic mass is 16.5. The second-order valence-corrected chi connectivity index (χ2v) is 8.13. The van der Waals surface area contributed by atoms with Gasteiger partial charge in [0.05, 0.1) is 6.10 Å². The van der Waals surface area contributed by atoms with Crippen LogP contribution in [0.5, 0.6) is 0 Å². The summed E-state index contributed by atoms with van der Waals surface area (Å²) in [5.74, 6) is 2.30. The van der Waals surface area contributed by atoms with Gasteiger partial charge in [-0.15, -0.1) is 0 Å². The van der Waals surface area contributed by atoms with Crippen molar-refractivity contribution < 1.29 is 18.8 Å². The minimum atomic E-state index is -0.217. The van der Waals surface area contributed by atoms with Crippen LogP contribution in [0.25, 0.3) is 0 Å². The SMILES string of the molecule is CC(C)CCOC1CCC(NC(=O)Nc2cc(C3CCOCC3)on2)CC1. The fraction of sp³-hybridized carbons (Fsp3) is 0.800. The molecule has 2 fully saturated rings. The van der Waals surface area contributed by atoms with E-state index in [2.05, 4.69) is 29.6 Å². The van der Waals surface area contributed by atoms with Crippen molar-refractivity contribution in [1.29, 1.82) is 0 Å². The van der Waals surface area contributed by atoms with Crippen LogP contribution in [0.3, 0.4) is 0 Å². The Labute approximate surface area is 161 Å². The molecule has 0 unspecified atom stereocenters. The number of nitrogens with one attached hydrogen (secondary N) is 2. The minimum Gasteiger partial charge on any atom is -0.381 e. The molecule has 1 saturated carbocycles. The van der Waals surface area contributed by atoms with E-state index in [9.17, 15) is 4.79 Å². The first kappa shape index (κ1) is 20.1. The van der Waals surface area contributed by atoms with Gasteiger partial charge in [-0.3, -0.25) is 5.32 Å². The largest absolute Gasteiger partial charge is 0.381 e. The maximum Gasteiger partial charge on any atom is 0.320 e. The number of carbonyl (C=O) groups excluding carboxylic acids is 1. The number of rotatable bonds is 7. The van der Waals surface area contributed by atoms with E-state index >= 15 is 0 Å². The molecular formula is C20H33N3O4. The fourth-order valence-corrected chi connectivity index (χ4v) is 3.70. The molecule has 2 heterocycles. The number of nitrogens with zero attached hydrogens (tertiary/aromatic N) is 1. The van der Waals surface area contributed by atoms with Gasteiger partial charge in [-0.25, -0.2) is 4.79 Å². The van der Waals surface area contributed by atoms with Gasteiger partial charge in [-0.05, 0) is 50.9 Å². The number of urea groups is 1. The lowest BCUT2D eigenvalue weighted by atomic mass is 9.93. The number of aromatic nitrogens is 1. The maximum atomic E-state index is 12.2. The maximum absolute atomic E-state index is 12.2. The predicted molar refractivity (Wildman–Crippen MR) is 103 cm³/mol. The zero-order valence-corrected chi connectivity index (χ0v) is 16.5. The average Bonchev–Trinajstić information content (AvgIpc) is 3.12. The highest BCUT2D eigenvalue weighted by Gasteiger charge is 2.24. The van der Waals surface area contributed by atoms with Gasteiger partial charge in [0.1, 0.15) is 5.76 Å². The van der Waals surface area contributed by atoms with Crippen LogP contribution in [0.2, 0.25) is 0 Å². The van der Waals surface area contributed by atoms with Gasteiger partial charge in [-0.1, -0.05) is 19.0 Å². The Balaban J connectivity index is 1.36. The van der Waals surface area contributed by atoms with Crippen LogP contribution in [-0.2, 0) is 9.47 Å². The Bertz CT molecular complexity index is 576. The molecule has 7 heteroatoms. The fourth-order valence-electron chi connectivity index (χ4n) is 3.70. The molecule has 7 nitrogen and oxygen atoms in total. The lowest BCUT2D eigenvalue weighted by Gasteiger charge is -2.29. The molecule has 27 heavy (non-hydrogen) atoms. The highest BCUT2D eigenvalue weighted by molar-refractivity contribution is 5.88. The first-order chi connectivity index (χ1) is 13.1. The number of hydrogen-bond acceptors (Lipinski definition) is 5. The Morgan fingerprint density at radius 3 is 2.67 bits per heavy atom. The molecular weight excluding hydrogens is 346 g/mol. The van der Waals surface area contributed by atoms with E-state index in [1.807, 2.05) is 6.07 Å². The second-order valence-electron chi connectivity index (χ2n) is 8.13. The number of hydrogen-bond donors (Lipinski definition) is 2. The molecule has 1 aliphatic heterocycles. The normalized spacial score (nSPS) is 24.1. The van der Waals surface area contributed by atoms with Crippen molar-refractivity contribution in [2.45, 2.75) is 76.9 Å². The van der Waals surface area contributed by atoms with Crippen molar-refractivity contribution in [2.24, 2.45) is 5.92 Å². The monoisotopic (exact) mass is 379 g/mol. The molecule has 0 atom stereocenters. The van der Waals surface area contributed by atoms with Gasteiger partial charge >= 0.3 is 6.03 Å². The van der Waals surface area contributed by atoms with Gasteiger partial charge in [0.2, 0.25) is 0 Å². The summed E-state index contributed by atoms with van der Waals surface area (Å²) < 4.78 is 16.7. The van der Waals surface area contributed by atoms with Gasteiger partial charge < -0.3 is 19.3 Å². The molecule has 1 saturated heterocycles. The zero-order chi connectivity index (χ0) is 19.1. The van der Waals surface area contributed by atoms with E-state index < -0.39 is 0 Å². The van der Waals surface area contributed by atoms with Crippen LogP contribution in [0.15, 0.2) is 10.6 Å². The Hall–Kier alpha value is -1.60. The quantitative estimate of drug-likeness (QED) is 0.746. The zero-order valence-electron chi connectivity index (χ0n) is 16.5. The molecule has 0 bridgehead atoms. The average molecular weight is 380 g/mol. The van der Waals surface area contributed by atoms with E-state index in [-0.39, 0.29) is 12.1 Å². The van der Waals surface area contributed by atoms with Crippen molar-refractivity contribution >= 4 is 11.8 Å². The molecule has 1 aliphatic carbocycles. The molecule has 3 rings (SSSR count). The van der Waals surface area contributed by atoms with Crippen molar-refractivity contribution in [2.75, 3.05) is 25.1 Å². The molecule has 0 aromatic carbocycles. The summed E-state index contributed by atoms with van der Waals surface area (Å²) in [6.45, 7) is 6.76. The number of amides is 2. The lowest BCUT2D eigenvalue weighted by molar-refractivity contribution is 0.0182. The van der Waals surface area contributed by atoms with Crippen LogP contribution in [-0.4, -0.2) is 43.2 Å². The van der Waals surface area contributed by atoms with Crippen molar-refractivity contribution in [3.63, 3.8) is 0 Å². The first-order valence-corrected chi connectivity index (χ1v) is 10.3. The number of anilines is 1. The van der Waals surface area contributed by atoms with E-state index in [0.717, 1.165) is 70.5 Å². The topological polar surface area (TPSA) is 85.6 Å². The Morgan fingerprint density at radius 2 is 1.96 bits per heavy atom. The summed E-state index contributed by atoms with van der Waals surface area (Å²) in [7, 11) is 0. The molecule has 1 aromatic heterocycles. The van der Waals surface area contributed by atoms with Crippen molar-refractivity contribution in [3.05, 3.63) is 11.8 Å². The molecule has 0 radical (unpaired) electrons. The molecule has 2 N–H and O–H groups in total. The van der Waals surface area contributed by atoms with Gasteiger partial charge in [0.25, 0.3) is 0 Å². The standard InChI is InChI=1S/C20H33N3O4/c1-14(2)7-12-26-17-5-3-16(4-6-17)21-20(24)22-19-13-18(27-23-19)15-8-10-25-11-9-15/h13-17H,3-12H2,1-2H3,(H2,21,22,23,24). The van der Waals surface area contributed by atoms with Crippen molar-refractivity contribution in [1.82, 2.24) is 10.5 Å². The summed E-state index contributed by atoms with van der Waals surface area (Å²) in [4.78, 5) is 12.2. The summed E-state index contributed by atoms with van der Waals surface area (Å²) in [6, 6.07) is 1.80. The molecule has 0 spiro atoms. The van der Waals surface area contributed by atoms with E-state index in [1.54, 1.807) is 0 Å². The van der Waals surface area contributed by atoms with E-state index in [4.69, 9.17) is 14.0 Å². The third-order valence-corrected chi connectivity index (χ3v) is 5.45. The highest BCUT2D eigenvalue weighted by Crippen LogP contribution is 2.28.